The Morgan fingerprint density at radius 1 is 1.46 bits per heavy atom. The second kappa shape index (κ2) is 3.79. The van der Waals surface area contributed by atoms with Crippen LogP contribution in [0.4, 0.5) is 0 Å². The van der Waals surface area contributed by atoms with E-state index in [2.05, 4.69) is 19.1 Å². The molecule has 72 valence electrons. The summed E-state index contributed by atoms with van der Waals surface area (Å²) >= 11 is 0. The lowest BCUT2D eigenvalue weighted by Crippen LogP contribution is -2.31. The Balaban J connectivity index is 2.95. The fraction of sp³-hybridized carbons (Fsp3) is 0.455. The Morgan fingerprint density at radius 3 is 2.77 bits per heavy atom. The fourth-order valence-electron chi connectivity index (χ4n) is 1.18. The van der Waals surface area contributed by atoms with Crippen molar-refractivity contribution in [1.29, 1.82) is 0 Å². The molecule has 0 radical (unpaired) electrons. The van der Waals surface area contributed by atoms with Crippen molar-refractivity contribution < 1.29 is 4.74 Å². The number of hydrogen-bond acceptors (Lipinski definition) is 2. The first-order chi connectivity index (χ1) is 6.03. The molecule has 0 heterocycles. The van der Waals surface area contributed by atoms with E-state index in [9.17, 15) is 0 Å². The largest absolute Gasteiger partial charge is 0.497 e. The molecular formula is C11H17NO. The third kappa shape index (κ3) is 3.07. The Labute approximate surface area is 79.8 Å². The van der Waals surface area contributed by atoms with E-state index in [4.69, 9.17) is 10.5 Å². The minimum absolute atomic E-state index is 0.364. The molecule has 0 amide bonds. The summed E-state index contributed by atoms with van der Waals surface area (Å²) in [6.07, 6.45) is 10.0. The zero-order chi connectivity index (χ0) is 9.90. The van der Waals surface area contributed by atoms with Crippen LogP contribution in [0.2, 0.25) is 0 Å². The van der Waals surface area contributed by atoms with E-state index < -0.39 is 0 Å². The summed E-state index contributed by atoms with van der Waals surface area (Å²) in [7, 11) is 1.67. The molecule has 2 heteroatoms. The molecule has 0 aliphatic heterocycles. The average Bonchev–Trinajstić information content (AvgIpc) is 2.07. The molecule has 2 N–H and O–H groups in total. The monoisotopic (exact) mass is 179 g/mol. The summed E-state index contributed by atoms with van der Waals surface area (Å²) in [4.78, 5) is 0. The normalized spacial score (nSPS) is 36.0. The van der Waals surface area contributed by atoms with Crippen LogP contribution >= 0.6 is 0 Å². The third-order valence-corrected chi connectivity index (χ3v) is 2.03. The summed E-state index contributed by atoms with van der Waals surface area (Å²) in [6.45, 7) is 4.07. The van der Waals surface area contributed by atoms with Crippen molar-refractivity contribution >= 4 is 0 Å². The highest BCUT2D eigenvalue weighted by molar-refractivity contribution is 5.26. The summed E-state index contributed by atoms with van der Waals surface area (Å²) in [5, 5.41) is 0. The van der Waals surface area contributed by atoms with E-state index in [1.54, 1.807) is 7.11 Å². The molecule has 2 unspecified atom stereocenters. The lowest BCUT2D eigenvalue weighted by atomic mass is 9.97. The molecule has 0 aromatic heterocycles. The van der Waals surface area contributed by atoms with Gasteiger partial charge in [-0.1, -0.05) is 25.2 Å². The fourth-order valence-corrected chi connectivity index (χ4v) is 1.18. The first kappa shape index (κ1) is 10.1. The van der Waals surface area contributed by atoms with Crippen molar-refractivity contribution in [3.63, 3.8) is 0 Å². The highest BCUT2D eigenvalue weighted by atomic mass is 16.5. The SMILES string of the molecule is COC1=CC(C)/C=C\C(C)(N)C=C1. The van der Waals surface area contributed by atoms with E-state index >= 15 is 0 Å². The van der Waals surface area contributed by atoms with E-state index in [1.807, 2.05) is 25.2 Å². The first-order valence-corrected chi connectivity index (χ1v) is 4.47. The molecule has 0 spiro atoms. The standard InChI is InChI=1S/C11H17NO/c1-9-4-6-11(2,12)7-5-10(8-9)13-3/h4-9H,12H2,1-3H3/b6-4-,7-5?,10-8?. The maximum absolute atomic E-state index is 5.97. The molecule has 2 atom stereocenters. The Bertz CT molecular complexity index is 261. The van der Waals surface area contributed by atoms with Gasteiger partial charge in [-0.2, -0.15) is 0 Å². The average molecular weight is 179 g/mol. The minimum atomic E-state index is -0.369. The molecule has 0 saturated heterocycles. The van der Waals surface area contributed by atoms with Crippen molar-refractivity contribution in [2.75, 3.05) is 7.11 Å². The molecule has 0 saturated carbocycles. The van der Waals surface area contributed by atoms with Crippen LogP contribution in [0, 0.1) is 5.92 Å². The predicted octanol–water partition coefficient (Wildman–Crippen LogP) is 2.00. The zero-order valence-corrected chi connectivity index (χ0v) is 8.45. The van der Waals surface area contributed by atoms with Crippen LogP contribution in [0.3, 0.4) is 0 Å². The molecule has 2 nitrogen and oxygen atoms in total. The molecule has 0 fully saturated rings. The molecule has 0 aromatic carbocycles. The van der Waals surface area contributed by atoms with Gasteiger partial charge in [0.25, 0.3) is 0 Å². The second-order valence-corrected chi connectivity index (χ2v) is 3.69. The van der Waals surface area contributed by atoms with Gasteiger partial charge in [0.05, 0.1) is 12.6 Å². The van der Waals surface area contributed by atoms with Gasteiger partial charge < -0.3 is 10.5 Å². The lowest BCUT2D eigenvalue weighted by molar-refractivity contribution is 0.303. The van der Waals surface area contributed by atoms with Crippen LogP contribution in [0.25, 0.3) is 0 Å². The number of methoxy groups -OCH3 is 1. The van der Waals surface area contributed by atoms with Crippen LogP contribution < -0.4 is 5.73 Å². The second-order valence-electron chi connectivity index (χ2n) is 3.69. The van der Waals surface area contributed by atoms with Gasteiger partial charge in [0.1, 0.15) is 5.76 Å². The first-order valence-electron chi connectivity index (χ1n) is 4.47. The van der Waals surface area contributed by atoms with Crippen LogP contribution in [-0.2, 0) is 4.74 Å². The van der Waals surface area contributed by atoms with Gasteiger partial charge in [0.15, 0.2) is 0 Å². The zero-order valence-electron chi connectivity index (χ0n) is 8.45. The molecule has 1 rings (SSSR count). The quantitative estimate of drug-likeness (QED) is 0.625. The molecular weight excluding hydrogens is 162 g/mol. The maximum Gasteiger partial charge on any atom is 0.115 e. The van der Waals surface area contributed by atoms with Gasteiger partial charge in [-0.15, -0.1) is 0 Å². The smallest absolute Gasteiger partial charge is 0.115 e. The molecule has 1 aliphatic carbocycles. The number of nitrogens with two attached hydrogens (primary N) is 1. The Kier molecular flexibility index (Phi) is 2.94. The van der Waals surface area contributed by atoms with Crippen molar-refractivity contribution in [3.05, 3.63) is 36.1 Å². The van der Waals surface area contributed by atoms with Crippen LogP contribution in [0.5, 0.6) is 0 Å². The highest BCUT2D eigenvalue weighted by Gasteiger charge is 2.12. The van der Waals surface area contributed by atoms with Gasteiger partial charge in [0.2, 0.25) is 0 Å². The van der Waals surface area contributed by atoms with Crippen molar-refractivity contribution in [2.24, 2.45) is 11.7 Å². The lowest BCUT2D eigenvalue weighted by Gasteiger charge is -2.18. The Hall–Kier alpha value is -1.02. The van der Waals surface area contributed by atoms with Crippen LogP contribution in [-0.4, -0.2) is 12.6 Å². The number of rotatable bonds is 1. The topological polar surface area (TPSA) is 35.2 Å². The predicted molar refractivity (Wildman–Crippen MR) is 55.1 cm³/mol. The van der Waals surface area contributed by atoms with Gasteiger partial charge in [-0.05, 0) is 25.0 Å². The van der Waals surface area contributed by atoms with Crippen LogP contribution in [0.15, 0.2) is 36.1 Å². The number of ether oxygens (including phenoxy) is 1. The van der Waals surface area contributed by atoms with Crippen molar-refractivity contribution in [2.45, 2.75) is 19.4 Å². The van der Waals surface area contributed by atoms with E-state index in [0.717, 1.165) is 5.76 Å². The highest BCUT2D eigenvalue weighted by Crippen LogP contribution is 2.15. The summed E-state index contributed by atoms with van der Waals surface area (Å²) < 4.78 is 5.18. The van der Waals surface area contributed by atoms with E-state index in [0.29, 0.717) is 5.92 Å². The summed E-state index contributed by atoms with van der Waals surface area (Å²) in [5.74, 6) is 1.23. The molecule has 1 aliphatic rings. The Morgan fingerprint density at radius 2 is 2.15 bits per heavy atom. The van der Waals surface area contributed by atoms with Gasteiger partial charge in [-0.3, -0.25) is 0 Å². The van der Waals surface area contributed by atoms with Crippen LogP contribution in [0.1, 0.15) is 13.8 Å². The van der Waals surface area contributed by atoms with E-state index in [1.165, 1.54) is 0 Å². The maximum atomic E-state index is 5.97. The number of allylic oxidation sites excluding steroid dienone is 3. The summed E-state index contributed by atoms with van der Waals surface area (Å²) in [5.41, 5.74) is 5.60. The summed E-state index contributed by atoms with van der Waals surface area (Å²) in [6, 6.07) is 0. The van der Waals surface area contributed by atoms with Crippen molar-refractivity contribution in [3.8, 4) is 0 Å². The number of hydrogen-bond donors (Lipinski definition) is 1. The molecule has 13 heavy (non-hydrogen) atoms. The molecule has 0 aromatic rings. The van der Waals surface area contributed by atoms with Gasteiger partial charge in [-0.25, -0.2) is 0 Å². The van der Waals surface area contributed by atoms with E-state index in [-0.39, 0.29) is 5.54 Å². The minimum Gasteiger partial charge on any atom is -0.497 e. The van der Waals surface area contributed by atoms with Crippen molar-refractivity contribution in [1.82, 2.24) is 0 Å². The third-order valence-electron chi connectivity index (χ3n) is 2.03. The molecule has 0 bridgehead atoms. The van der Waals surface area contributed by atoms with Gasteiger partial charge >= 0.3 is 0 Å². The van der Waals surface area contributed by atoms with Gasteiger partial charge in [0, 0.05) is 0 Å².